The zero-order valence-electron chi connectivity index (χ0n) is 17.2. The second-order valence-corrected chi connectivity index (χ2v) is 8.12. The van der Waals surface area contributed by atoms with Crippen LogP contribution in [0.2, 0.25) is 5.02 Å². The monoisotopic (exact) mass is 446 g/mol. The molecule has 1 saturated heterocycles. The Morgan fingerprint density at radius 3 is 2.65 bits per heavy atom. The van der Waals surface area contributed by atoms with Crippen molar-refractivity contribution in [1.82, 2.24) is 10.2 Å². The third-order valence-electron chi connectivity index (χ3n) is 5.77. The highest BCUT2D eigenvalue weighted by molar-refractivity contribution is 6.30. The van der Waals surface area contributed by atoms with Gasteiger partial charge >= 0.3 is 0 Å². The van der Waals surface area contributed by atoms with E-state index >= 15 is 0 Å². The smallest absolute Gasteiger partial charge is 0.229 e. The highest BCUT2D eigenvalue weighted by Crippen LogP contribution is 2.35. The number of imide groups is 1. The number of amides is 2. The van der Waals surface area contributed by atoms with E-state index in [9.17, 15) is 14.0 Å². The third-order valence-corrected chi connectivity index (χ3v) is 6.06. The molecule has 8 heteroatoms. The molecule has 2 amide bonds. The Hall–Kier alpha value is -2.64. The van der Waals surface area contributed by atoms with Gasteiger partial charge in [-0.05, 0) is 53.8 Å². The number of ether oxygens (including phenoxy) is 2. The number of aryl methyl sites for hydroxylation is 1. The Labute approximate surface area is 185 Å². The molecule has 31 heavy (non-hydrogen) atoms. The van der Waals surface area contributed by atoms with E-state index in [2.05, 4.69) is 5.32 Å². The molecule has 2 aromatic carbocycles. The number of hydrogen-bond donors (Lipinski definition) is 1. The van der Waals surface area contributed by atoms with Gasteiger partial charge in [0.25, 0.3) is 0 Å². The Kier molecular flexibility index (Phi) is 6.43. The number of benzene rings is 2. The number of carbonyl (C=O) groups excluding carboxylic acids is 2. The van der Waals surface area contributed by atoms with Crippen molar-refractivity contribution in [3.05, 3.63) is 57.9 Å². The Morgan fingerprint density at radius 2 is 1.90 bits per heavy atom. The van der Waals surface area contributed by atoms with Gasteiger partial charge in [-0.25, -0.2) is 4.39 Å². The molecule has 4 rings (SSSR count). The van der Waals surface area contributed by atoms with E-state index in [0.717, 1.165) is 29.5 Å². The van der Waals surface area contributed by atoms with Gasteiger partial charge in [-0.15, -0.1) is 0 Å². The van der Waals surface area contributed by atoms with Crippen molar-refractivity contribution < 1.29 is 23.5 Å². The fourth-order valence-corrected chi connectivity index (χ4v) is 4.30. The van der Waals surface area contributed by atoms with Crippen molar-refractivity contribution in [2.24, 2.45) is 0 Å². The van der Waals surface area contributed by atoms with Crippen LogP contribution in [0.4, 0.5) is 4.39 Å². The first kappa shape index (κ1) is 21.6. The molecule has 1 unspecified atom stereocenters. The van der Waals surface area contributed by atoms with Crippen LogP contribution in [0, 0.1) is 5.82 Å². The van der Waals surface area contributed by atoms with E-state index in [1.807, 2.05) is 18.2 Å². The lowest BCUT2D eigenvalue weighted by Gasteiger charge is -2.17. The molecule has 6 nitrogen and oxygen atoms in total. The molecular formula is C23H24ClFN2O4. The Morgan fingerprint density at radius 1 is 1.13 bits per heavy atom. The first-order chi connectivity index (χ1) is 15.0. The predicted octanol–water partition coefficient (Wildman–Crippen LogP) is 3.79. The average Bonchev–Trinajstić information content (AvgIpc) is 3.30. The van der Waals surface area contributed by atoms with Crippen molar-refractivity contribution >= 4 is 23.4 Å². The number of halogens is 2. The number of methoxy groups -OCH3 is 1. The molecule has 0 bridgehead atoms. The van der Waals surface area contributed by atoms with Crippen LogP contribution in [0.3, 0.4) is 0 Å². The Bertz CT molecular complexity index is 997. The van der Waals surface area contributed by atoms with Crippen LogP contribution in [-0.4, -0.2) is 37.0 Å². The third kappa shape index (κ3) is 4.67. The highest BCUT2D eigenvalue weighted by Gasteiger charge is 2.28. The SMILES string of the molecule is COc1cc(CNC2CCc3cc(Cl)c(F)cc32)ccc1OCCN1C(=O)CCC1=O. The highest BCUT2D eigenvalue weighted by atomic mass is 35.5. The van der Waals surface area contributed by atoms with E-state index < -0.39 is 5.82 Å². The second-order valence-electron chi connectivity index (χ2n) is 7.71. The maximum Gasteiger partial charge on any atom is 0.229 e. The minimum Gasteiger partial charge on any atom is -0.493 e. The second kappa shape index (κ2) is 9.24. The lowest BCUT2D eigenvalue weighted by atomic mass is 10.1. The minimum absolute atomic E-state index is 0.0687. The quantitative estimate of drug-likeness (QED) is 0.625. The van der Waals surface area contributed by atoms with Crippen LogP contribution in [0.25, 0.3) is 0 Å². The van der Waals surface area contributed by atoms with Gasteiger partial charge in [0.15, 0.2) is 11.5 Å². The summed E-state index contributed by atoms with van der Waals surface area (Å²) in [6.07, 6.45) is 2.30. The first-order valence-corrected chi connectivity index (χ1v) is 10.7. The molecule has 164 valence electrons. The van der Waals surface area contributed by atoms with Gasteiger partial charge < -0.3 is 14.8 Å². The molecule has 0 spiro atoms. The minimum atomic E-state index is -0.394. The van der Waals surface area contributed by atoms with Crippen molar-refractivity contribution in [3.8, 4) is 11.5 Å². The van der Waals surface area contributed by atoms with Gasteiger partial charge in [0.2, 0.25) is 11.8 Å². The summed E-state index contributed by atoms with van der Waals surface area (Å²) in [5, 5.41) is 3.64. The van der Waals surface area contributed by atoms with Crippen molar-refractivity contribution in [3.63, 3.8) is 0 Å². The Balaban J connectivity index is 1.35. The number of hydrogen-bond acceptors (Lipinski definition) is 5. The number of nitrogens with zero attached hydrogens (tertiary/aromatic N) is 1. The van der Waals surface area contributed by atoms with E-state index in [1.165, 1.54) is 11.0 Å². The van der Waals surface area contributed by atoms with E-state index in [-0.39, 0.29) is 48.9 Å². The topological polar surface area (TPSA) is 67.9 Å². The number of nitrogens with one attached hydrogen (secondary N) is 1. The van der Waals surface area contributed by atoms with Crippen molar-refractivity contribution in [2.45, 2.75) is 38.3 Å². The summed E-state index contributed by atoms with van der Waals surface area (Å²) in [6, 6.07) is 8.93. The van der Waals surface area contributed by atoms with Gasteiger partial charge in [-0.1, -0.05) is 17.7 Å². The van der Waals surface area contributed by atoms with Gasteiger partial charge in [-0.2, -0.15) is 0 Å². The summed E-state index contributed by atoms with van der Waals surface area (Å²) in [4.78, 5) is 24.6. The number of rotatable bonds is 8. The normalized spacial score (nSPS) is 17.9. The first-order valence-electron chi connectivity index (χ1n) is 10.3. The number of fused-ring (bicyclic) bond motifs is 1. The van der Waals surface area contributed by atoms with Crippen molar-refractivity contribution in [2.75, 3.05) is 20.3 Å². The molecule has 1 atom stereocenters. The van der Waals surface area contributed by atoms with Crippen LogP contribution in [0.5, 0.6) is 11.5 Å². The molecule has 2 aromatic rings. The summed E-state index contributed by atoms with van der Waals surface area (Å²) < 4.78 is 25.1. The molecule has 1 heterocycles. The van der Waals surface area contributed by atoms with Crippen molar-refractivity contribution in [1.29, 1.82) is 0 Å². The molecular weight excluding hydrogens is 423 g/mol. The summed E-state index contributed by atoms with van der Waals surface area (Å²) >= 11 is 5.89. The fourth-order valence-electron chi connectivity index (χ4n) is 4.11. The molecule has 1 N–H and O–H groups in total. The zero-order valence-corrected chi connectivity index (χ0v) is 18.0. The number of carbonyl (C=O) groups is 2. The van der Waals surface area contributed by atoms with Crippen LogP contribution in [0.15, 0.2) is 30.3 Å². The van der Waals surface area contributed by atoms with Gasteiger partial charge in [0.1, 0.15) is 12.4 Å². The molecule has 0 saturated carbocycles. The van der Waals surface area contributed by atoms with E-state index in [1.54, 1.807) is 13.2 Å². The largest absolute Gasteiger partial charge is 0.493 e. The maximum absolute atomic E-state index is 13.9. The van der Waals surface area contributed by atoms with Crippen LogP contribution < -0.4 is 14.8 Å². The molecule has 0 aromatic heterocycles. The van der Waals surface area contributed by atoms with Crippen LogP contribution >= 0.6 is 11.6 Å². The van der Waals surface area contributed by atoms with E-state index in [0.29, 0.717) is 18.0 Å². The summed E-state index contributed by atoms with van der Waals surface area (Å²) in [6.45, 7) is 1.02. The van der Waals surface area contributed by atoms with Crippen LogP contribution in [0.1, 0.15) is 42.0 Å². The molecule has 1 fully saturated rings. The van der Waals surface area contributed by atoms with Gasteiger partial charge in [0.05, 0.1) is 18.7 Å². The maximum atomic E-state index is 13.9. The standard InChI is InChI=1S/C23H24ClFN2O4/c1-30-21-10-14(2-5-20(21)31-9-8-27-22(28)6-7-23(27)29)13-26-19-4-3-15-11-17(24)18(25)12-16(15)19/h2,5,10-12,19,26H,3-4,6-9,13H2,1H3. The predicted molar refractivity (Wildman–Crippen MR) is 114 cm³/mol. The number of likely N-dealkylation sites (tertiary alicyclic amines) is 1. The average molecular weight is 447 g/mol. The lowest BCUT2D eigenvalue weighted by Crippen LogP contribution is -2.33. The summed E-state index contributed by atoms with van der Waals surface area (Å²) in [7, 11) is 1.56. The van der Waals surface area contributed by atoms with E-state index in [4.69, 9.17) is 21.1 Å². The summed E-state index contributed by atoms with van der Waals surface area (Å²) in [5.41, 5.74) is 3.04. The molecule has 1 aliphatic carbocycles. The van der Waals surface area contributed by atoms with Gasteiger partial charge in [0, 0.05) is 25.4 Å². The fraction of sp³-hybridized carbons (Fsp3) is 0.391. The van der Waals surface area contributed by atoms with Gasteiger partial charge in [-0.3, -0.25) is 14.5 Å². The zero-order chi connectivity index (χ0) is 22.0. The molecule has 0 radical (unpaired) electrons. The summed E-state index contributed by atoms with van der Waals surface area (Å²) in [5.74, 6) is 0.418. The molecule has 1 aliphatic heterocycles. The molecule has 2 aliphatic rings. The van der Waals surface area contributed by atoms with Crippen LogP contribution in [-0.2, 0) is 22.6 Å². The lowest BCUT2D eigenvalue weighted by molar-refractivity contribution is -0.138.